The van der Waals surface area contributed by atoms with Gasteiger partial charge in [-0.2, -0.15) is 0 Å². The third-order valence-electron chi connectivity index (χ3n) is 5.74. The summed E-state index contributed by atoms with van der Waals surface area (Å²) in [6.45, 7) is 6.87. The van der Waals surface area contributed by atoms with Crippen molar-refractivity contribution in [3.63, 3.8) is 0 Å². The molecule has 4 nitrogen and oxygen atoms in total. The molecule has 0 saturated heterocycles. The summed E-state index contributed by atoms with van der Waals surface area (Å²) >= 11 is 0. The molecule has 0 bridgehead atoms. The third-order valence-corrected chi connectivity index (χ3v) is 7.21. The van der Waals surface area contributed by atoms with E-state index >= 15 is 0 Å². The van der Waals surface area contributed by atoms with Crippen LogP contribution in [0.15, 0.2) is 70.5 Å². The minimum atomic E-state index is -1.13. The molecular formula is C25H28N2O2S. The maximum Gasteiger partial charge on any atom is 0.115 e. The maximum atomic E-state index is 13.1. The highest BCUT2D eigenvalue weighted by Gasteiger charge is 2.29. The zero-order valence-corrected chi connectivity index (χ0v) is 18.3. The first-order chi connectivity index (χ1) is 14.6. The number of fused-ring (bicyclic) bond motifs is 2. The number of para-hydroxylation sites is 1. The van der Waals surface area contributed by atoms with Crippen LogP contribution in [0.2, 0.25) is 0 Å². The number of nitrogens with zero attached hydrogens (tertiary/aromatic N) is 1. The number of phenolic OH excluding ortho intramolecular Hbond substituents is 1. The largest absolute Gasteiger partial charge is 0.508 e. The van der Waals surface area contributed by atoms with Crippen LogP contribution in [0.4, 0.5) is 11.4 Å². The number of aromatic hydroxyl groups is 1. The van der Waals surface area contributed by atoms with Gasteiger partial charge in [0, 0.05) is 13.1 Å². The van der Waals surface area contributed by atoms with E-state index in [0.717, 1.165) is 53.6 Å². The number of rotatable bonds is 7. The smallest absolute Gasteiger partial charge is 0.115 e. The molecule has 4 rings (SSSR count). The molecule has 1 aliphatic heterocycles. The van der Waals surface area contributed by atoms with Gasteiger partial charge in [0.15, 0.2) is 0 Å². The van der Waals surface area contributed by atoms with Crippen molar-refractivity contribution in [2.75, 3.05) is 18.0 Å². The second-order valence-corrected chi connectivity index (χ2v) is 9.21. The van der Waals surface area contributed by atoms with Crippen LogP contribution in [-0.4, -0.2) is 22.4 Å². The van der Waals surface area contributed by atoms with Gasteiger partial charge in [-0.1, -0.05) is 30.3 Å². The van der Waals surface area contributed by atoms with Gasteiger partial charge in [-0.3, -0.25) is 0 Å². The summed E-state index contributed by atoms with van der Waals surface area (Å²) in [6, 6.07) is 19.5. The predicted octanol–water partition coefficient (Wildman–Crippen LogP) is 5.20. The quantitative estimate of drug-likeness (QED) is 0.516. The average Bonchev–Trinajstić information content (AvgIpc) is 2.76. The SMILES string of the molecule is Cc1ccc2c(c1C)N(CCCCNCc1ccc(O)cc1)c1ccccc1S2=O. The van der Waals surface area contributed by atoms with Crippen molar-refractivity contribution in [2.24, 2.45) is 0 Å². The Hall–Kier alpha value is -2.63. The first-order valence-corrected chi connectivity index (χ1v) is 11.6. The molecule has 1 heterocycles. The molecule has 2 N–H and O–H groups in total. The zero-order chi connectivity index (χ0) is 21.1. The molecule has 3 aromatic carbocycles. The molecule has 0 aromatic heterocycles. The summed E-state index contributed by atoms with van der Waals surface area (Å²) in [5.41, 5.74) is 5.78. The molecule has 0 spiro atoms. The van der Waals surface area contributed by atoms with Crippen LogP contribution in [0.5, 0.6) is 5.75 Å². The number of phenols is 1. The third kappa shape index (κ3) is 4.13. The highest BCUT2D eigenvalue weighted by atomic mass is 32.2. The van der Waals surface area contributed by atoms with Gasteiger partial charge in [0.2, 0.25) is 0 Å². The Morgan fingerprint density at radius 3 is 2.50 bits per heavy atom. The topological polar surface area (TPSA) is 52.6 Å². The van der Waals surface area contributed by atoms with E-state index in [1.54, 1.807) is 12.1 Å². The van der Waals surface area contributed by atoms with E-state index in [1.807, 2.05) is 36.4 Å². The predicted molar refractivity (Wildman–Crippen MR) is 123 cm³/mol. The molecule has 3 aromatic rings. The lowest BCUT2D eigenvalue weighted by atomic mass is 10.1. The monoisotopic (exact) mass is 420 g/mol. The van der Waals surface area contributed by atoms with Crippen molar-refractivity contribution in [2.45, 2.75) is 43.0 Å². The maximum absolute atomic E-state index is 13.1. The molecule has 0 amide bonds. The number of nitrogens with one attached hydrogen (secondary N) is 1. The summed E-state index contributed by atoms with van der Waals surface area (Å²) < 4.78 is 13.1. The number of unbranched alkanes of at least 4 members (excludes halogenated alkanes) is 1. The summed E-state index contributed by atoms with van der Waals surface area (Å²) in [6.07, 6.45) is 2.09. The number of hydrogen-bond acceptors (Lipinski definition) is 4. The van der Waals surface area contributed by atoms with Gasteiger partial charge in [-0.25, -0.2) is 4.21 Å². The lowest BCUT2D eigenvalue weighted by molar-refractivity contribution is 0.475. The molecule has 1 unspecified atom stereocenters. The standard InChI is InChI=1S/C25H28N2O2S/c1-18-9-14-24-25(19(18)2)27(22-7-3-4-8-23(22)30(24)29)16-6-5-15-26-17-20-10-12-21(28)13-11-20/h3-4,7-14,26,28H,5-6,15-17H2,1-2H3. The van der Waals surface area contributed by atoms with Gasteiger partial charge in [0.1, 0.15) is 5.75 Å². The summed E-state index contributed by atoms with van der Waals surface area (Å²) in [7, 11) is -1.13. The van der Waals surface area contributed by atoms with Crippen LogP contribution in [0, 0.1) is 13.8 Å². The first-order valence-electron chi connectivity index (χ1n) is 10.4. The molecule has 1 atom stereocenters. The molecule has 156 valence electrons. The summed E-state index contributed by atoms with van der Waals surface area (Å²) in [5.74, 6) is 0.298. The second kappa shape index (κ2) is 9.02. The normalized spacial score (nSPS) is 15.0. The van der Waals surface area contributed by atoms with Crippen LogP contribution >= 0.6 is 0 Å². The van der Waals surface area contributed by atoms with E-state index in [1.165, 1.54) is 16.7 Å². The van der Waals surface area contributed by atoms with Gasteiger partial charge < -0.3 is 15.3 Å². The van der Waals surface area contributed by atoms with Gasteiger partial charge in [0.05, 0.1) is 32.0 Å². The van der Waals surface area contributed by atoms with Crippen molar-refractivity contribution in [3.05, 3.63) is 77.4 Å². The van der Waals surface area contributed by atoms with Crippen LogP contribution in [0.3, 0.4) is 0 Å². The molecule has 30 heavy (non-hydrogen) atoms. The molecule has 0 saturated carbocycles. The zero-order valence-electron chi connectivity index (χ0n) is 17.5. The average molecular weight is 421 g/mol. The van der Waals surface area contributed by atoms with E-state index < -0.39 is 10.8 Å². The van der Waals surface area contributed by atoms with Gasteiger partial charge in [-0.05, 0) is 80.3 Å². The van der Waals surface area contributed by atoms with Crippen LogP contribution in [0.25, 0.3) is 0 Å². The van der Waals surface area contributed by atoms with Crippen molar-refractivity contribution in [1.29, 1.82) is 0 Å². The lowest BCUT2D eigenvalue weighted by Crippen LogP contribution is -2.27. The highest BCUT2D eigenvalue weighted by Crippen LogP contribution is 2.44. The van der Waals surface area contributed by atoms with Crippen LogP contribution in [0.1, 0.15) is 29.5 Å². The fourth-order valence-electron chi connectivity index (χ4n) is 3.94. The fourth-order valence-corrected chi connectivity index (χ4v) is 5.37. The highest BCUT2D eigenvalue weighted by molar-refractivity contribution is 7.85. The first kappa shape index (κ1) is 20.6. The Morgan fingerprint density at radius 2 is 1.70 bits per heavy atom. The van der Waals surface area contributed by atoms with E-state index in [4.69, 9.17) is 0 Å². The van der Waals surface area contributed by atoms with Crippen molar-refractivity contribution in [3.8, 4) is 5.75 Å². The number of hydrogen-bond donors (Lipinski definition) is 2. The molecular weight excluding hydrogens is 392 g/mol. The number of benzene rings is 3. The molecule has 0 aliphatic carbocycles. The van der Waals surface area contributed by atoms with Crippen molar-refractivity contribution in [1.82, 2.24) is 5.32 Å². The summed E-state index contributed by atoms with van der Waals surface area (Å²) in [5, 5.41) is 12.8. The van der Waals surface area contributed by atoms with Crippen LogP contribution in [-0.2, 0) is 17.3 Å². The molecule has 5 heteroatoms. The Balaban J connectivity index is 1.42. The van der Waals surface area contributed by atoms with Gasteiger partial charge >= 0.3 is 0 Å². The second-order valence-electron chi connectivity index (χ2n) is 7.79. The molecule has 0 radical (unpaired) electrons. The van der Waals surface area contributed by atoms with Gasteiger partial charge in [0.25, 0.3) is 0 Å². The Labute approximate surface area is 181 Å². The Kier molecular flexibility index (Phi) is 6.21. The Morgan fingerprint density at radius 1 is 0.933 bits per heavy atom. The van der Waals surface area contributed by atoms with E-state index in [9.17, 15) is 9.32 Å². The van der Waals surface area contributed by atoms with Crippen molar-refractivity contribution >= 4 is 22.2 Å². The van der Waals surface area contributed by atoms with E-state index in [2.05, 4.69) is 36.2 Å². The summed E-state index contributed by atoms with van der Waals surface area (Å²) in [4.78, 5) is 4.18. The number of aryl methyl sites for hydroxylation is 1. The fraction of sp³-hybridized carbons (Fsp3) is 0.280. The number of anilines is 2. The van der Waals surface area contributed by atoms with Gasteiger partial charge in [-0.15, -0.1) is 0 Å². The Bertz CT molecular complexity index is 1060. The lowest BCUT2D eigenvalue weighted by Gasteiger charge is -2.34. The minimum absolute atomic E-state index is 0.298. The van der Waals surface area contributed by atoms with Crippen molar-refractivity contribution < 1.29 is 9.32 Å². The minimum Gasteiger partial charge on any atom is -0.508 e. The van der Waals surface area contributed by atoms with E-state index in [-0.39, 0.29) is 0 Å². The van der Waals surface area contributed by atoms with Crippen LogP contribution < -0.4 is 10.2 Å². The van der Waals surface area contributed by atoms with E-state index in [0.29, 0.717) is 5.75 Å². The molecule has 0 fully saturated rings. The molecule has 1 aliphatic rings.